The molecular weight excluding hydrogens is 254 g/mol. The van der Waals surface area contributed by atoms with E-state index in [9.17, 15) is 9.59 Å². The first kappa shape index (κ1) is 14.6. The summed E-state index contributed by atoms with van der Waals surface area (Å²) in [5.41, 5.74) is 4.38. The number of rotatable bonds is 4. The van der Waals surface area contributed by atoms with E-state index < -0.39 is 11.9 Å². The number of hydrogen-bond acceptors (Lipinski definition) is 2. The first-order valence-corrected chi connectivity index (χ1v) is 7.13. The maximum absolute atomic E-state index is 12.2. The van der Waals surface area contributed by atoms with Crippen molar-refractivity contribution in [2.45, 2.75) is 40.0 Å². The molecule has 1 N–H and O–H groups in total. The number of benzene rings is 1. The van der Waals surface area contributed by atoms with Crippen LogP contribution < -0.4 is 4.90 Å². The smallest absolute Gasteiger partial charge is 0.308 e. The van der Waals surface area contributed by atoms with Gasteiger partial charge in [0, 0.05) is 13.0 Å². The summed E-state index contributed by atoms with van der Waals surface area (Å²) in [5, 5.41) is 9.11. The largest absolute Gasteiger partial charge is 0.481 e. The Balaban J connectivity index is 2.46. The van der Waals surface area contributed by atoms with Crippen LogP contribution in [-0.4, -0.2) is 23.5 Å². The van der Waals surface area contributed by atoms with Gasteiger partial charge in [0.15, 0.2) is 0 Å². The molecule has 1 aromatic rings. The minimum Gasteiger partial charge on any atom is -0.481 e. The zero-order valence-electron chi connectivity index (χ0n) is 12.3. The van der Waals surface area contributed by atoms with Crippen LogP contribution >= 0.6 is 0 Å². The normalized spacial score (nSPS) is 18.6. The van der Waals surface area contributed by atoms with Gasteiger partial charge in [-0.15, -0.1) is 0 Å². The summed E-state index contributed by atoms with van der Waals surface area (Å²) in [4.78, 5) is 25.0. The van der Waals surface area contributed by atoms with Gasteiger partial charge in [-0.25, -0.2) is 0 Å². The molecule has 108 valence electrons. The number of aryl methyl sites for hydroxylation is 3. The molecule has 4 nitrogen and oxygen atoms in total. The van der Waals surface area contributed by atoms with Gasteiger partial charge in [0.1, 0.15) is 0 Å². The highest BCUT2D eigenvalue weighted by molar-refractivity contribution is 6.00. The van der Waals surface area contributed by atoms with Gasteiger partial charge in [0.05, 0.1) is 11.6 Å². The highest BCUT2D eigenvalue weighted by Crippen LogP contribution is 2.33. The fourth-order valence-corrected chi connectivity index (χ4v) is 2.91. The van der Waals surface area contributed by atoms with Crippen molar-refractivity contribution in [3.8, 4) is 0 Å². The third kappa shape index (κ3) is 2.55. The summed E-state index contributed by atoms with van der Waals surface area (Å²) < 4.78 is 0. The highest BCUT2D eigenvalue weighted by Gasteiger charge is 2.36. The molecule has 0 bridgehead atoms. The van der Waals surface area contributed by atoms with Crippen LogP contribution in [0, 0.1) is 12.8 Å². The van der Waals surface area contributed by atoms with Crippen molar-refractivity contribution in [2.75, 3.05) is 11.4 Å². The predicted octanol–water partition coefficient (Wildman–Crippen LogP) is 2.56. The standard InChI is InChI=1S/C16H21NO3/c1-4-11-6-10(3)7-12(5-2)15(11)17-9-13(16(19)20)8-14(17)18/h6-7,13H,4-5,8-9H2,1-3H3,(H,19,20). The van der Waals surface area contributed by atoms with Crippen molar-refractivity contribution in [3.05, 3.63) is 28.8 Å². The molecular formula is C16H21NO3. The van der Waals surface area contributed by atoms with Crippen LogP contribution in [-0.2, 0) is 22.4 Å². The van der Waals surface area contributed by atoms with Gasteiger partial charge in [0.25, 0.3) is 0 Å². The zero-order valence-corrected chi connectivity index (χ0v) is 12.3. The van der Waals surface area contributed by atoms with E-state index >= 15 is 0 Å². The summed E-state index contributed by atoms with van der Waals surface area (Å²) in [6, 6.07) is 4.19. The lowest BCUT2D eigenvalue weighted by atomic mass is 9.98. The van der Waals surface area contributed by atoms with Gasteiger partial charge in [-0.05, 0) is 30.9 Å². The van der Waals surface area contributed by atoms with Crippen molar-refractivity contribution in [3.63, 3.8) is 0 Å². The fourth-order valence-electron chi connectivity index (χ4n) is 2.91. The lowest BCUT2D eigenvalue weighted by molar-refractivity contribution is -0.141. The SMILES string of the molecule is CCc1cc(C)cc(CC)c1N1CC(C(=O)O)CC1=O. The van der Waals surface area contributed by atoms with Gasteiger partial charge in [-0.1, -0.05) is 31.5 Å². The molecule has 1 unspecified atom stereocenters. The van der Waals surface area contributed by atoms with Crippen molar-refractivity contribution >= 4 is 17.6 Å². The Morgan fingerprint density at radius 1 is 1.30 bits per heavy atom. The number of nitrogens with zero attached hydrogens (tertiary/aromatic N) is 1. The van der Waals surface area contributed by atoms with E-state index in [1.165, 1.54) is 5.56 Å². The maximum Gasteiger partial charge on any atom is 0.308 e. The van der Waals surface area contributed by atoms with Crippen molar-refractivity contribution in [2.24, 2.45) is 5.92 Å². The molecule has 1 aliphatic rings. The average Bonchev–Trinajstić information content (AvgIpc) is 2.79. The minimum atomic E-state index is -0.885. The Morgan fingerprint density at radius 2 is 1.85 bits per heavy atom. The van der Waals surface area contributed by atoms with Crippen LogP contribution in [0.15, 0.2) is 12.1 Å². The van der Waals surface area contributed by atoms with Crippen LogP contribution in [0.25, 0.3) is 0 Å². The van der Waals surface area contributed by atoms with Crippen LogP contribution in [0.3, 0.4) is 0 Å². The molecule has 2 rings (SSSR count). The van der Waals surface area contributed by atoms with Crippen LogP contribution in [0.1, 0.15) is 37.0 Å². The van der Waals surface area contributed by atoms with Crippen LogP contribution in [0.4, 0.5) is 5.69 Å². The molecule has 1 heterocycles. The molecule has 0 radical (unpaired) electrons. The molecule has 1 aromatic carbocycles. The number of amides is 1. The van der Waals surface area contributed by atoms with E-state index in [4.69, 9.17) is 5.11 Å². The lowest BCUT2D eigenvalue weighted by Gasteiger charge is -2.24. The second-order valence-corrected chi connectivity index (χ2v) is 5.38. The van der Waals surface area contributed by atoms with E-state index in [0.29, 0.717) is 0 Å². The summed E-state index contributed by atoms with van der Waals surface area (Å²) in [6.07, 6.45) is 1.78. The molecule has 1 fully saturated rings. The third-order valence-corrected chi connectivity index (χ3v) is 3.92. The van der Waals surface area contributed by atoms with Crippen LogP contribution in [0.5, 0.6) is 0 Å². The second-order valence-electron chi connectivity index (χ2n) is 5.38. The van der Waals surface area contributed by atoms with Gasteiger partial charge >= 0.3 is 5.97 Å². The van der Waals surface area contributed by atoms with Crippen LogP contribution in [0.2, 0.25) is 0 Å². The van der Waals surface area contributed by atoms with E-state index in [-0.39, 0.29) is 18.9 Å². The lowest BCUT2D eigenvalue weighted by Crippen LogP contribution is -2.28. The predicted molar refractivity (Wildman–Crippen MR) is 78.0 cm³/mol. The zero-order chi connectivity index (χ0) is 14.9. The monoisotopic (exact) mass is 275 g/mol. The number of carbonyl (C=O) groups is 2. The molecule has 1 amide bonds. The Labute approximate surface area is 119 Å². The number of anilines is 1. The third-order valence-electron chi connectivity index (χ3n) is 3.92. The van der Waals surface area contributed by atoms with E-state index in [0.717, 1.165) is 29.7 Å². The fraction of sp³-hybridized carbons (Fsp3) is 0.500. The second kappa shape index (κ2) is 5.65. The number of hydrogen-bond donors (Lipinski definition) is 1. The van der Waals surface area contributed by atoms with Crippen molar-refractivity contribution < 1.29 is 14.7 Å². The van der Waals surface area contributed by atoms with E-state index in [1.807, 2.05) is 6.92 Å². The number of carboxylic acid groups (broad SMARTS) is 1. The first-order valence-electron chi connectivity index (χ1n) is 7.13. The van der Waals surface area contributed by atoms with Gasteiger partial charge in [0.2, 0.25) is 5.91 Å². The average molecular weight is 275 g/mol. The molecule has 4 heteroatoms. The molecule has 0 spiro atoms. The Hall–Kier alpha value is -1.84. The maximum atomic E-state index is 12.2. The van der Waals surface area contributed by atoms with E-state index in [2.05, 4.69) is 26.0 Å². The molecule has 1 saturated heterocycles. The molecule has 0 aliphatic carbocycles. The summed E-state index contributed by atoms with van der Waals surface area (Å²) in [7, 11) is 0. The Morgan fingerprint density at radius 3 is 2.25 bits per heavy atom. The van der Waals surface area contributed by atoms with Gasteiger partial charge < -0.3 is 10.0 Å². The Kier molecular flexibility index (Phi) is 4.12. The van der Waals surface area contributed by atoms with Crippen molar-refractivity contribution in [1.82, 2.24) is 0 Å². The first-order chi connectivity index (χ1) is 9.47. The van der Waals surface area contributed by atoms with Crippen molar-refractivity contribution in [1.29, 1.82) is 0 Å². The Bertz CT molecular complexity index is 526. The van der Waals surface area contributed by atoms with Gasteiger partial charge in [-0.3, -0.25) is 9.59 Å². The summed E-state index contributed by atoms with van der Waals surface area (Å²) in [5.74, 6) is -1.55. The number of aliphatic carboxylic acids is 1. The van der Waals surface area contributed by atoms with Gasteiger partial charge in [-0.2, -0.15) is 0 Å². The minimum absolute atomic E-state index is 0.0781. The molecule has 0 saturated carbocycles. The molecule has 1 atom stereocenters. The topological polar surface area (TPSA) is 57.6 Å². The number of carbonyl (C=O) groups excluding carboxylic acids is 1. The number of carboxylic acids is 1. The molecule has 1 aliphatic heterocycles. The molecule has 20 heavy (non-hydrogen) atoms. The summed E-state index contributed by atoms with van der Waals surface area (Å²) in [6.45, 7) is 6.46. The highest BCUT2D eigenvalue weighted by atomic mass is 16.4. The van der Waals surface area contributed by atoms with E-state index in [1.54, 1.807) is 4.90 Å². The summed E-state index contributed by atoms with van der Waals surface area (Å²) >= 11 is 0. The quantitative estimate of drug-likeness (QED) is 0.918. The molecule has 0 aromatic heterocycles.